The SMILES string of the molecule is CCCC(CCc1ccc(Cl)c(OC)c1)NCC. The zero-order valence-corrected chi connectivity index (χ0v) is 12.4. The van der Waals surface area contributed by atoms with Crippen molar-refractivity contribution in [1.82, 2.24) is 5.32 Å². The lowest BCUT2D eigenvalue weighted by Crippen LogP contribution is -2.29. The van der Waals surface area contributed by atoms with E-state index in [0.29, 0.717) is 11.1 Å². The lowest BCUT2D eigenvalue weighted by molar-refractivity contribution is 0.414. The first-order valence-corrected chi connectivity index (χ1v) is 7.14. The van der Waals surface area contributed by atoms with Gasteiger partial charge in [0.25, 0.3) is 0 Å². The highest BCUT2D eigenvalue weighted by atomic mass is 35.5. The summed E-state index contributed by atoms with van der Waals surface area (Å²) < 4.78 is 5.24. The van der Waals surface area contributed by atoms with Gasteiger partial charge in [0, 0.05) is 6.04 Å². The molecular weight excluding hydrogens is 246 g/mol. The fourth-order valence-corrected chi connectivity index (χ4v) is 2.38. The van der Waals surface area contributed by atoms with Crippen LogP contribution < -0.4 is 10.1 Å². The number of halogens is 1. The number of hydrogen-bond acceptors (Lipinski definition) is 2. The Hall–Kier alpha value is -0.730. The highest BCUT2D eigenvalue weighted by Gasteiger charge is 2.07. The van der Waals surface area contributed by atoms with E-state index in [1.165, 1.54) is 18.4 Å². The van der Waals surface area contributed by atoms with Crippen LogP contribution in [0.15, 0.2) is 18.2 Å². The van der Waals surface area contributed by atoms with E-state index < -0.39 is 0 Å². The molecule has 1 aromatic rings. The number of benzene rings is 1. The Balaban J connectivity index is 2.55. The van der Waals surface area contributed by atoms with Gasteiger partial charge >= 0.3 is 0 Å². The maximum Gasteiger partial charge on any atom is 0.137 e. The molecule has 1 N–H and O–H groups in total. The highest BCUT2D eigenvalue weighted by molar-refractivity contribution is 6.32. The lowest BCUT2D eigenvalue weighted by Gasteiger charge is -2.17. The normalized spacial score (nSPS) is 12.4. The van der Waals surface area contributed by atoms with Crippen LogP contribution in [0.2, 0.25) is 5.02 Å². The minimum absolute atomic E-state index is 0.613. The van der Waals surface area contributed by atoms with Gasteiger partial charge in [0.15, 0.2) is 0 Å². The van der Waals surface area contributed by atoms with Gasteiger partial charge in [0.05, 0.1) is 12.1 Å². The summed E-state index contributed by atoms with van der Waals surface area (Å²) in [5.74, 6) is 0.768. The first-order chi connectivity index (χ1) is 8.71. The van der Waals surface area contributed by atoms with E-state index in [2.05, 4.69) is 25.2 Å². The van der Waals surface area contributed by atoms with E-state index in [4.69, 9.17) is 16.3 Å². The number of nitrogens with one attached hydrogen (secondary N) is 1. The van der Waals surface area contributed by atoms with Crippen LogP contribution in [0.3, 0.4) is 0 Å². The molecule has 0 aliphatic heterocycles. The van der Waals surface area contributed by atoms with Crippen LogP contribution in [0.25, 0.3) is 0 Å². The molecule has 1 aromatic carbocycles. The standard InChI is InChI=1S/C15H24ClNO/c1-4-6-13(17-5-2)9-7-12-8-10-14(16)15(11-12)18-3/h8,10-11,13,17H,4-7,9H2,1-3H3. The number of ether oxygens (including phenoxy) is 1. The third-order valence-electron chi connectivity index (χ3n) is 3.13. The van der Waals surface area contributed by atoms with Gasteiger partial charge in [0.1, 0.15) is 5.75 Å². The zero-order valence-electron chi connectivity index (χ0n) is 11.6. The summed E-state index contributed by atoms with van der Waals surface area (Å²) in [4.78, 5) is 0. The average molecular weight is 270 g/mol. The number of aryl methyl sites for hydroxylation is 1. The molecule has 1 atom stereocenters. The maximum atomic E-state index is 6.02. The van der Waals surface area contributed by atoms with Crippen LogP contribution in [0, 0.1) is 0 Å². The van der Waals surface area contributed by atoms with Crippen molar-refractivity contribution >= 4 is 11.6 Å². The highest BCUT2D eigenvalue weighted by Crippen LogP contribution is 2.25. The molecule has 102 valence electrons. The smallest absolute Gasteiger partial charge is 0.137 e. The second kappa shape index (κ2) is 8.39. The molecule has 0 amide bonds. The van der Waals surface area contributed by atoms with Gasteiger partial charge < -0.3 is 10.1 Å². The fraction of sp³-hybridized carbons (Fsp3) is 0.600. The topological polar surface area (TPSA) is 21.3 Å². The molecule has 0 bridgehead atoms. The number of hydrogen-bond donors (Lipinski definition) is 1. The molecule has 3 heteroatoms. The van der Waals surface area contributed by atoms with Crippen molar-refractivity contribution in [3.63, 3.8) is 0 Å². The summed E-state index contributed by atoms with van der Waals surface area (Å²) in [5, 5.41) is 4.22. The van der Waals surface area contributed by atoms with E-state index in [0.717, 1.165) is 25.1 Å². The zero-order chi connectivity index (χ0) is 13.4. The van der Waals surface area contributed by atoms with Crippen LogP contribution in [0.5, 0.6) is 5.75 Å². The molecule has 0 spiro atoms. The van der Waals surface area contributed by atoms with Gasteiger partial charge in [-0.25, -0.2) is 0 Å². The van der Waals surface area contributed by atoms with Crippen molar-refractivity contribution in [1.29, 1.82) is 0 Å². The van der Waals surface area contributed by atoms with Crippen molar-refractivity contribution in [2.75, 3.05) is 13.7 Å². The quantitative estimate of drug-likeness (QED) is 0.768. The van der Waals surface area contributed by atoms with E-state index >= 15 is 0 Å². The Morgan fingerprint density at radius 1 is 1.28 bits per heavy atom. The largest absolute Gasteiger partial charge is 0.495 e. The molecule has 1 unspecified atom stereocenters. The van der Waals surface area contributed by atoms with Gasteiger partial charge in [-0.2, -0.15) is 0 Å². The van der Waals surface area contributed by atoms with Crippen LogP contribution in [-0.4, -0.2) is 19.7 Å². The maximum absolute atomic E-state index is 6.02. The van der Waals surface area contributed by atoms with Crippen molar-refractivity contribution < 1.29 is 4.74 Å². The Labute approximate surface area is 116 Å². The molecule has 0 aliphatic carbocycles. The number of rotatable bonds is 8. The Morgan fingerprint density at radius 3 is 2.67 bits per heavy atom. The minimum atomic E-state index is 0.613. The average Bonchev–Trinajstić information content (AvgIpc) is 2.38. The summed E-state index contributed by atoms with van der Waals surface area (Å²) in [7, 11) is 1.66. The summed E-state index contributed by atoms with van der Waals surface area (Å²) in [6.45, 7) is 5.43. The van der Waals surface area contributed by atoms with Crippen LogP contribution in [0.4, 0.5) is 0 Å². The molecule has 0 saturated heterocycles. The van der Waals surface area contributed by atoms with Crippen molar-refractivity contribution in [2.24, 2.45) is 0 Å². The van der Waals surface area contributed by atoms with Gasteiger partial charge in [0.2, 0.25) is 0 Å². The molecule has 18 heavy (non-hydrogen) atoms. The van der Waals surface area contributed by atoms with E-state index in [1.807, 2.05) is 12.1 Å². The molecular formula is C15H24ClNO. The summed E-state index contributed by atoms with van der Waals surface area (Å²) in [6.07, 6.45) is 4.68. The first-order valence-electron chi connectivity index (χ1n) is 6.77. The van der Waals surface area contributed by atoms with Crippen LogP contribution in [0.1, 0.15) is 38.7 Å². The van der Waals surface area contributed by atoms with Crippen molar-refractivity contribution in [3.05, 3.63) is 28.8 Å². The summed E-state index contributed by atoms with van der Waals surface area (Å²) >= 11 is 6.02. The first kappa shape index (κ1) is 15.3. The monoisotopic (exact) mass is 269 g/mol. The minimum Gasteiger partial charge on any atom is -0.495 e. The van der Waals surface area contributed by atoms with Crippen molar-refractivity contribution in [3.8, 4) is 5.75 Å². The Morgan fingerprint density at radius 2 is 2.06 bits per heavy atom. The van der Waals surface area contributed by atoms with Crippen LogP contribution in [-0.2, 0) is 6.42 Å². The Bertz CT molecular complexity index is 348. The van der Waals surface area contributed by atoms with E-state index in [-0.39, 0.29) is 0 Å². The molecule has 0 radical (unpaired) electrons. The third-order valence-corrected chi connectivity index (χ3v) is 3.44. The number of methoxy groups -OCH3 is 1. The molecule has 0 saturated carbocycles. The molecule has 0 fully saturated rings. The van der Waals surface area contributed by atoms with Crippen LogP contribution >= 0.6 is 11.6 Å². The summed E-state index contributed by atoms with van der Waals surface area (Å²) in [5.41, 5.74) is 1.29. The fourth-order valence-electron chi connectivity index (χ4n) is 2.19. The molecule has 2 nitrogen and oxygen atoms in total. The molecule has 0 aromatic heterocycles. The Kier molecular flexibility index (Phi) is 7.14. The predicted molar refractivity (Wildman–Crippen MR) is 78.7 cm³/mol. The van der Waals surface area contributed by atoms with Gasteiger partial charge in [-0.1, -0.05) is 37.9 Å². The third kappa shape index (κ3) is 4.87. The molecule has 1 rings (SSSR count). The van der Waals surface area contributed by atoms with Gasteiger partial charge in [-0.15, -0.1) is 0 Å². The van der Waals surface area contributed by atoms with Crippen molar-refractivity contribution in [2.45, 2.75) is 45.6 Å². The second-order valence-electron chi connectivity index (χ2n) is 4.55. The predicted octanol–water partition coefficient (Wildman–Crippen LogP) is 4.06. The van der Waals surface area contributed by atoms with Gasteiger partial charge in [-0.05, 0) is 43.5 Å². The molecule has 0 heterocycles. The van der Waals surface area contributed by atoms with E-state index in [1.54, 1.807) is 7.11 Å². The summed E-state index contributed by atoms with van der Waals surface area (Å²) in [6, 6.07) is 6.65. The second-order valence-corrected chi connectivity index (χ2v) is 4.96. The van der Waals surface area contributed by atoms with Gasteiger partial charge in [-0.3, -0.25) is 0 Å². The molecule has 0 aliphatic rings. The van der Waals surface area contributed by atoms with E-state index in [9.17, 15) is 0 Å². The lowest BCUT2D eigenvalue weighted by atomic mass is 10.0.